The van der Waals surface area contributed by atoms with Gasteiger partial charge in [-0.25, -0.2) is 0 Å². The summed E-state index contributed by atoms with van der Waals surface area (Å²) in [5, 5.41) is 7.49. The van der Waals surface area contributed by atoms with E-state index in [1.165, 1.54) is 35.2 Å². The van der Waals surface area contributed by atoms with Gasteiger partial charge in [0.15, 0.2) is 0 Å². The first kappa shape index (κ1) is 19.4. The van der Waals surface area contributed by atoms with Crippen LogP contribution in [-0.4, -0.2) is 31.7 Å². The number of fused-ring (bicyclic) bond motifs is 1. The van der Waals surface area contributed by atoms with Crippen LogP contribution in [0.5, 0.6) is 5.75 Å². The van der Waals surface area contributed by atoms with Gasteiger partial charge in [0, 0.05) is 43.3 Å². The lowest BCUT2D eigenvalue weighted by Gasteiger charge is -2.34. The van der Waals surface area contributed by atoms with Gasteiger partial charge in [0.2, 0.25) is 0 Å². The predicted octanol–water partition coefficient (Wildman–Crippen LogP) is 3.99. The Morgan fingerprint density at radius 1 is 1.21 bits per heavy atom. The molecule has 0 amide bonds. The van der Waals surface area contributed by atoms with Gasteiger partial charge < -0.3 is 20.3 Å². The molecule has 0 saturated carbocycles. The van der Waals surface area contributed by atoms with Crippen LogP contribution in [0.2, 0.25) is 0 Å². The first-order valence-corrected chi connectivity index (χ1v) is 10.6. The van der Waals surface area contributed by atoms with Crippen LogP contribution in [0.25, 0.3) is 0 Å². The van der Waals surface area contributed by atoms with Crippen molar-refractivity contribution in [1.29, 1.82) is 0 Å². The highest BCUT2D eigenvalue weighted by atomic mass is 32.1. The first-order valence-electron chi connectivity index (χ1n) is 10.2. The molecule has 2 aromatic carbocycles. The van der Waals surface area contributed by atoms with Crippen molar-refractivity contribution in [2.24, 2.45) is 0 Å². The molecule has 0 spiro atoms. The molecule has 2 aliphatic heterocycles. The molecule has 2 atom stereocenters. The minimum Gasteiger partial charge on any atom is -0.496 e. The molecule has 0 aliphatic carbocycles. The van der Waals surface area contributed by atoms with E-state index in [0.29, 0.717) is 12.1 Å². The Morgan fingerprint density at radius 2 is 2.04 bits per heavy atom. The number of thiocarbonyl (C=S) groups is 1. The van der Waals surface area contributed by atoms with E-state index in [1.54, 1.807) is 7.11 Å². The summed E-state index contributed by atoms with van der Waals surface area (Å²) >= 11 is 5.52. The van der Waals surface area contributed by atoms with Gasteiger partial charge >= 0.3 is 0 Å². The highest BCUT2D eigenvalue weighted by Crippen LogP contribution is 2.34. The van der Waals surface area contributed by atoms with Crippen molar-refractivity contribution in [1.82, 2.24) is 10.6 Å². The maximum absolute atomic E-state index is 5.72. The summed E-state index contributed by atoms with van der Waals surface area (Å²) < 4.78 is 5.72. The van der Waals surface area contributed by atoms with Crippen LogP contribution in [0.3, 0.4) is 0 Å². The maximum atomic E-state index is 5.72. The molecule has 0 aromatic heterocycles. The molecule has 4 rings (SSSR count). The molecule has 2 heterocycles. The molecule has 1 fully saturated rings. The summed E-state index contributed by atoms with van der Waals surface area (Å²) in [6.07, 6.45) is 4.29. The van der Waals surface area contributed by atoms with Crippen LogP contribution < -0.4 is 20.3 Å². The lowest BCUT2D eigenvalue weighted by atomic mass is 9.92. The van der Waals surface area contributed by atoms with Crippen LogP contribution in [0, 0.1) is 0 Å². The van der Waals surface area contributed by atoms with Gasteiger partial charge in [0.1, 0.15) is 5.75 Å². The third-order valence-corrected chi connectivity index (χ3v) is 6.48. The van der Waals surface area contributed by atoms with Gasteiger partial charge in [-0.15, -0.1) is 0 Å². The number of ether oxygens (including phenoxy) is 1. The largest absolute Gasteiger partial charge is 0.496 e. The molecule has 2 aromatic rings. The van der Waals surface area contributed by atoms with Crippen molar-refractivity contribution >= 4 is 22.9 Å². The highest BCUT2D eigenvalue weighted by Gasteiger charge is 2.26. The molecule has 0 radical (unpaired) electrons. The van der Waals surface area contributed by atoms with Crippen molar-refractivity contribution in [3.05, 3.63) is 59.2 Å². The number of aryl methyl sites for hydroxylation is 1. The number of methoxy groups -OCH3 is 1. The number of nitrogens with zero attached hydrogens (tertiary/aromatic N) is 1. The van der Waals surface area contributed by atoms with Gasteiger partial charge in [0.05, 0.1) is 12.1 Å². The van der Waals surface area contributed by atoms with E-state index in [0.717, 1.165) is 36.7 Å². The Morgan fingerprint density at radius 3 is 2.82 bits per heavy atom. The number of hydrogen-bond donors (Lipinski definition) is 2. The average molecular weight is 396 g/mol. The van der Waals surface area contributed by atoms with Crippen LogP contribution in [0.15, 0.2) is 42.5 Å². The number of rotatable bonds is 5. The number of anilines is 1. The molecule has 2 aliphatic rings. The molecule has 5 heteroatoms. The van der Waals surface area contributed by atoms with E-state index in [2.05, 4.69) is 65.0 Å². The maximum Gasteiger partial charge on any atom is 0.123 e. The minimum atomic E-state index is 0.342. The fraction of sp³-hybridized carbons (Fsp3) is 0.435. The molecule has 0 unspecified atom stereocenters. The first-order chi connectivity index (χ1) is 13.7. The third kappa shape index (κ3) is 3.93. The summed E-state index contributed by atoms with van der Waals surface area (Å²) in [6, 6.07) is 15.9. The van der Waals surface area contributed by atoms with Crippen molar-refractivity contribution in [3.8, 4) is 5.75 Å². The summed E-state index contributed by atoms with van der Waals surface area (Å²) in [4.78, 5) is 3.16. The third-order valence-electron chi connectivity index (χ3n) is 6.00. The van der Waals surface area contributed by atoms with E-state index >= 15 is 0 Å². The highest BCUT2D eigenvalue weighted by molar-refractivity contribution is 7.80. The predicted molar refractivity (Wildman–Crippen MR) is 119 cm³/mol. The lowest BCUT2D eigenvalue weighted by molar-refractivity contribution is 0.303. The zero-order valence-electron chi connectivity index (χ0n) is 16.7. The lowest BCUT2D eigenvalue weighted by Crippen LogP contribution is -2.45. The Hall–Kier alpha value is -1.95. The second-order valence-corrected chi connectivity index (χ2v) is 8.19. The fourth-order valence-electron chi connectivity index (χ4n) is 4.40. The van der Waals surface area contributed by atoms with Gasteiger partial charge in [-0.3, -0.25) is 0 Å². The number of piperidine rings is 1. The molecular weight excluding hydrogens is 366 g/mol. The standard InChI is InChI=1S/C23H29N3OS/c1-26-20-13-18(21(27-2)14-17(20)10-11-22(26)28)15-25-19-9-6-12-24-23(19)16-7-4-3-5-8-16/h3-5,7-8,13-14,19,23-25H,6,9-12,15H2,1-2H3/t19-,23-/m0/s1. The monoisotopic (exact) mass is 395 g/mol. The van der Waals surface area contributed by atoms with Gasteiger partial charge in [-0.05, 0) is 49.1 Å². The second kappa shape index (κ2) is 8.60. The van der Waals surface area contributed by atoms with Crippen molar-refractivity contribution in [2.45, 2.75) is 44.3 Å². The van der Waals surface area contributed by atoms with Crippen LogP contribution in [0.1, 0.15) is 42.0 Å². The SMILES string of the molecule is COc1cc2c(cc1CN[C@H]1CCCN[C@H]1c1ccccc1)N(C)C(=S)CC2. The molecule has 2 N–H and O–H groups in total. The Bertz CT molecular complexity index is 839. The Labute approximate surface area is 173 Å². The number of benzene rings is 2. The molecule has 1 saturated heterocycles. The van der Waals surface area contributed by atoms with Crippen molar-refractivity contribution < 1.29 is 4.74 Å². The van der Waals surface area contributed by atoms with Crippen LogP contribution >= 0.6 is 12.2 Å². The molecule has 4 nitrogen and oxygen atoms in total. The van der Waals surface area contributed by atoms with E-state index in [1.807, 2.05) is 0 Å². The molecular formula is C23H29N3OS. The van der Waals surface area contributed by atoms with E-state index in [4.69, 9.17) is 17.0 Å². The summed E-state index contributed by atoms with van der Waals surface area (Å²) in [6.45, 7) is 1.86. The van der Waals surface area contributed by atoms with Crippen molar-refractivity contribution in [3.63, 3.8) is 0 Å². The van der Waals surface area contributed by atoms with Gasteiger partial charge in [-0.2, -0.15) is 0 Å². The van der Waals surface area contributed by atoms with Gasteiger partial charge in [-0.1, -0.05) is 42.5 Å². The van der Waals surface area contributed by atoms with E-state index in [-0.39, 0.29) is 0 Å². The zero-order valence-corrected chi connectivity index (χ0v) is 17.5. The van der Waals surface area contributed by atoms with Crippen molar-refractivity contribution in [2.75, 3.05) is 25.6 Å². The van der Waals surface area contributed by atoms with E-state index in [9.17, 15) is 0 Å². The average Bonchev–Trinajstić information content (AvgIpc) is 2.75. The minimum absolute atomic E-state index is 0.342. The summed E-state index contributed by atoms with van der Waals surface area (Å²) in [7, 11) is 3.83. The number of hydrogen-bond acceptors (Lipinski definition) is 4. The summed E-state index contributed by atoms with van der Waals surface area (Å²) in [5.41, 5.74) is 5.07. The van der Waals surface area contributed by atoms with Crippen LogP contribution in [0.4, 0.5) is 5.69 Å². The van der Waals surface area contributed by atoms with Crippen LogP contribution in [-0.2, 0) is 13.0 Å². The Kier molecular flexibility index (Phi) is 5.95. The van der Waals surface area contributed by atoms with E-state index < -0.39 is 0 Å². The molecule has 0 bridgehead atoms. The second-order valence-electron chi connectivity index (χ2n) is 7.72. The normalized spacial score (nSPS) is 22.1. The quantitative estimate of drug-likeness (QED) is 0.749. The Balaban J connectivity index is 1.54. The number of nitrogens with one attached hydrogen (secondary N) is 2. The topological polar surface area (TPSA) is 36.5 Å². The molecule has 28 heavy (non-hydrogen) atoms. The fourth-order valence-corrected chi connectivity index (χ4v) is 4.60. The molecule has 148 valence electrons. The summed E-state index contributed by atoms with van der Waals surface area (Å²) in [5.74, 6) is 0.965. The zero-order chi connectivity index (χ0) is 19.5. The van der Waals surface area contributed by atoms with Gasteiger partial charge in [0.25, 0.3) is 0 Å². The smallest absolute Gasteiger partial charge is 0.123 e.